The maximum Gasteiger partial charge on any atom is 0.261 e. The molecule has 0 spiro atoms. The summed E-state index contributed by atoms with van der Waals surface area (Å²) in [5.74, 6) is -1.48. The summed E-state index contributed by atoms with van der Waals surface area (Å²) in [5.41, 5.74) is 0.728. The van der Waals surface area contributed by atoms with Crippen LogP contribution in [0.5, 0.6) is 0 Å². The van der Waals surface area contributed by atoms with Gasteiger partial charge in [0, 0.05) is 48.8 Å². The van der Waals surface area contributed by atoms with E-state index in [0.29, 0.717) is 24.5 Å². The molecule has 0 bridgehead atoms. The van der Waals surface area contributed by atoms with Crippen LogP contribution in [0.15, 0.2) is 29.2 Å². The molecule has 0 aromatic carbocycles. The molecule has 8 heteroatoms. The Morgan fingerprint density at radius 3 is 2.54 bits per heavy atom. The van der Waals surface area contributed by atoms with E-state index in [-0.39, 0.29) is 41.8 Å². The largest absolute Gasteiger partial charge is 0.367 e. The lowest BCUT2D eigenvalue weighted by molar-refractivity contribution is -0.0361. The summed E-state index contributed by atoms with van der Waals surface area (Å²) in [7, 11) is 0. The highest BCUT2D eigenvalue weighted by Gasteiger charge is 2.37. The highest BCUT2D eigenvalue weighted by molar-refractivity contribution is 5.83. The van der Waals surface area contributed by atoms with E-state index in [1.54, 1.807) is 6.20 Å². The molecule has 6 nitrogen and oxygen atoms in total. The van der Waals surface area contributed by atoms with Gasteiger partial charge in [-0.15, -0.1) is 0 Å². The lowest BCUT2D eigenvalue weighted by Crippen LogP contribution is -2.34. The molecule has 0 radical (unpaired) electrons. The van der Waals surface area contributed by atoms with Crippen molar-refractivity contribution in [1.82, 2.24) is 15.0 Å². The van der Waals surface area contributed by atoms with Gasteiger partial charge in [0.15, 0.2) is 0 Å². The Balaban J connectivity index is 1.58. The minimum Gasteiger partial charge on any atom is -0.367 e. The van der Waals surface area contributed by atoms with E-state index in [9.17, 15) is 13.6 Å². The molecule has 2 aromatic heterocycles. The summed E-state index contributed by atoms with van der Waals surface area (Å²) in [6.45, 7) is 0. The Morgan fingerprint density at radius 2 is 1.93 bits per heavy atom. The number of rotatable bonds is 5. The van der Waals surface area contributed by atoms with Crippen molar-refractivity contribution in [2.24, 2.45) is 0 Å². The van der Waals surface area contributed by atoms with Crippen molar-refractivity contribution in [3.8, 4) is 0 Å². The predicted molar refractivity (Wildman–Crippen MR) is 103 cm³/mol. The topological polar surface area (TPSA) is 94.5 Å². The summed E-state index contributed by atoms with van der Waals surface area (Å²) in [5, 5.41) is 10.7. The number of hydrogen-bond acceptors (Lipinski definition) is 5. The second kappa shape index (κ2) is 7.41. The second-order valence-electron chi connectivity index (χ2n) is 7.68. The smallest absolute Gasteiger partial charge is 0.261 e. The van der Waals surface area contributed by atoms with Crippen LogP contribution in [0, 0.1) is 5.41 Å². The Bertz CT molecular complexity index is 905. The van der Waals surface area contributed by atoms with Gasteiger partial charge < -0.3 is 15.7 Å². The number of halogens is 2. The van der Waals surface area contributed by atoms with E-state index in [4.69, 9.17) is 5.41 Å². The zero-order valence-electron chi connectivity index (χ0n) is 15.4. The lowest BCUT2D eigenvalue weighted by atomic mass is 9.71. The van der Waals surface area contributed by atoms with Gasteiger partial charge in [-0.3, -0.25) is 9.78 Å². The molecule has 0 saturated heterocycles. The number of pyridine rings is 1. The standard InChI is InChI=1S/C20H23F2N5O/c21-20(22)8-6-12(7-9-20)25-18-15(11-23)19(28)27-17(26-18)14-5-4-13(14)16-3-1-2-10-24-16/h1-3,10-14,23H,4-9H2,(H2,25,26,27,28)/t13-,14-/m1/s1. The van der Waals surface area contributed by atoms with Crippen molar-refractivity contribution < 1.29 is 8.78 Å². The van der Waals surface area contributed by atoms with Gasteiger partial charge in [0.1, 0.15) is 11.6 Å². The Morgan fingerprint density at radius 1 is 1.18 bits per heavy atom. The molecule has 0 unspecified atom stereocenters. The van der Waals surface area contributed by atoms with Crippen molar-refractivity contribution >= 4 is 12.0 Å². The van der Waals surface area contributed by atoms with Crippen LogP contribution < -0.4 is 10.9 Å². The third-order valence-electron chi connectivity index (χ3n) is 5.87. The van der Waals surface area contributed by atoms with Crippen LogP contribution in [0.1, 0.15) is 67.4 Å². The maximum atomic E-state index is 13.4. The van der Waals surface area contributed by atoms with E-state index < -0.39 is 5.92 Å². The first kappa shape index (κ1) is 18.7. The minimum absolute atomic E-state index is 0.0543. The molecule has 4 rings (SSSR count). The lowest BCUT2D eigenvalue weighted by Gasteiger charge is -2.35. The Labute approximate surface area is 161 Å². The zero-order valence-corrected chi connectivity index (χ0v) is 15.4. The summed E-state index contributed by atoms with van der Waals surface area (Å²) >= 11 is 0. The highest BCUT2D eigenvalue weighted by atomic mass is 19.3. The van der Waals surface area contributed by atoms with E-state index in [0.717, 1.165) is 24.8 Å². The molecular formula is C20H23F2N5O. The normalized spacial score (nSPS) is 24.4. The van der Waals surface area contributed by atoms with Crippen LogP contribution in [0.3, 0.4) is 0 Å². The third kappa shape index (κ3) is 3.68. The van der Waals surface area contributed by atoms with Crippen LogP contribution in [-0.4, -0.2) is 33.1 Å². The minimum atomic E-state index is -2.61. The van der Waals surface area contributed by atoms with Crippen LogP contribution in [0.4, 0.5) is 14.6 Å². The average Bonchev–Trinajstić information content (AvgIpc) is 2.63. The van der Waals surface area contributed by atoms with Gasteiger partial charge in [0.2, 0.25) is 5.92 Å². The van der Waals surface area contributed by atoms with E-state index in [2.05, 4.69) is 20.3 Å². The van der Waals surface area contributed by atoms with Crippen molar-refractivity contribution in [3.05, 3.63) is 51.8 Å². The summed E-state index contributed by atoms with van der Waals surface area (Å²) < 4.78 is 26.8. The van der Waals surface area contributed by atoms with Crippen LogP contribution >= 0.6 is 0 Å². The number of aromatic amines is 1. The van der Waals surface area contributed by atoms with Gasteiger partial charge in [0.25, 0.3) is 5.56 Å². The Kier molecular flexibility index (Phi) is 4.95. The van der Waals surface area contributed by atoms with Crippen LogP contribution in [0.25, 0.3) is 0 Å². The van der Waals surface area contributed by atoms with Gasteiger partial charge in [-0.25, -0.2) is 13.8 Å². The van der Waals surface area contributed by atoms with Gasteiger partial charge in [-0.1, -0.05) is 6.07 Å². The fraction of sp³-hybridized carbons (Fsp3) is 0.500. The monoisotopic (exact) mass is 387 g/mol. The summed E-state index contributed by atoms with van der Waals surface area (Å²) in [4.78, 5) is 24.3. The number of hydrogen-bond donors (Lipinski definition) is 3. The molecule has 2 aromatic rings. The number of anilines is 1. The fourth-order valence-corrected chi connectivity index (χ4v) is 4.07. The van der Waals surface area contributed by atoms with Crippen molar-refractivity contribution in [1.29, 1.82) is 5.41 Å². The first-order chi connectivity index (χ1) is 13.5. The molecule has 2 saturated carbocycles. The van der Waals surface area contributed by atoms with E-state index in [1.807, 2.05) is 18.2 Å². The van der Waals surface area contributed by atoms with Crippen molar-refractivity contribution in [2.75, 3.05) is 5.32 Å². The van der Waals surface area contributed by atoms with Crippen molar-refractivity contribution in [2.45, 2.75) is 62.3 Å². The molecule has 0 amide bonds. The van der Waals surface area contributed by atoms with Gasteiger partial charge in [0.05, 0.1) is 5.56 Å². The molecule has 2 aliphatic rings. The maximum absolute atomic E-state index is 13.4. The molecule has 2 aliphatic carbocycles. The number of alkyl halides is 2. The number of aromatic nitrogens is 3. The fourth-order valence-electron chi connectivity index (χ4n) is 4.07. The SMILES string of the molecule is N=Cc1c(NC2CCC(F)(F)CC2)nc([C@@H]2CC[C@H]2c2ccccn2)[nH]c1=O. The Hall–Kier alpha value is -2.64. The third-order valence-corrected chi connectivity index (χ3v) is 5.87. The highest BCUT2D eigenvalue weighted by Crippen LogP contribution is 2.47. The average molecular weight is 387 g/mol. The first-order valence-electron chi connectivity index (χ1n) is 9.67. The van der Waals surface area contributed by atoms with Gasteiger partial charge in [-0.05, 0) is 37.8 Å². The molecule has 2 heterocycles. The quantitative estimate of drug-likeness (QED) is 0.680. The summed E-state index contributed by atoms with van der Waals surface area (Å²) in [6.07, 6.45) is 4.86. The van der Waals surface area contributed by atoms with Crippen molar-refractivity contribution in [3.63, 3.8) is 0 Å². The molecular weight excluding hydrogens is 364 g/mol. The number of H-pyrrole nitrogens is 1. The zero-order chi connectivity index (χ0) is 19.7. The molecule has 148 valence electrons. The van der Waals surface area contributed by atoms with E-state index >= 15 is 0 Å². The predicted octanol–water partition coefficient (Wildman–Crippen LogP) is 3.81. The number of nitrogens with one attached hydrogen (secondary N) is 3. The second-order valence-corrected chi connectivity index (χ2v) is 7.68. The summed E-state index contributed by atoms with van der Waals surface area (Å²) in [6, 6.07) is 5.61. The molecule has 3 N–H and O–H groups in total. The van der Waals surface area contributed by atoms with Gasteiger partial charge >= 0.3 is 0 Å². The van der Waals surface area contributed by atoms with E-state index in [1.165, 1.54) is 0 Å². The molecule has 2 fully saturated rings. The molecule has 28 heavy (non-hydrogen) atoms. The number of nitrogens with zero attached hydrogens (tertiary/aromatic N) is 2. The first-order valence-corrected chi connectivity index (χ1v) is 9.67. The van der Waals surface area contributed by atoms with Crippen LogP contribution in [0.2, 0.25) is 0 Å². The van der Waals surface area contributed by atoms with Gasteiger partial charge in [-0.2, -0.15) is 0 Å². The van der Waals surface area contributed by atoms with Crippen LogP contribution in [-0.2, 0) is 0 Å². The molecule has 2 atom stereocenters. The molecule has 0 aliphatic heterocycles.